The highest BCUT2D eigenvalue weighted by Crippen LogP contribution is 2.15. The fourth-order valence-electron chi connectivity index (χ4n) is 1.31. The number of aromatic nitrogens is 3. The second-order valence-corrected chi connectivity index (χ2v) is 6.36. The minimum atomic E-state index is -3.68. The maximum atomic E-state index is 11.9. The number of sulfonamides is 1. The zero-order valence-electron chi connectivity index (χ0n) is 9.34. The van der Waals surface area contributed by atoms with E-state index in [1.165, 1.54) is 13.3 Å². The lowest BCUT2D eigenvalue weighted by Gasteiger charge is -2.03. The number of nitrogens with zero attached hydrogens (tertiary/aromatic N) is 2. The first-order valence-corrected chi connectivity index (χ1v) is 7.24. The lowest BCUT2D eigenvalue weighted by Crippen LogP contribution is -2.26. The van der Waals surface area contributed by atoms with E-state index in [0.717, 1.165) is 0 Å². The van der Waals surface area contributed by atoms with Gasteiger partial charge in [0.05, 0.1) is 0 Å². The van der Waals surface area contributed by atoms with E-state index >= 15 is 0 Å². The number of rotatable bonds is 5. The molecule has 98 valence electrons. The molecule has 0 saturated carbocycles. The summed E-state index contributed by atoms with van der Waals surface area (Å²) in [5, 5.41) is 3.41. The molecule has 2 N–H and O–H groups in total. The standard InChI is InChI=1S/C8H10N4O4S2/c1-5-7(17-8(13)12-5)18(14,15)11-3-2-6-9-4-10-16-6/h4,11H,2-3H2,1H3,(H,12,13). The predicted molar refractivity (Wildman–Crippen MR) is 62.9 cm³/mol. The summed E-state index contributed by atoms with van der Waals surface area (Å²) in [7, 11) is -3.68. The van der Waals surface area contributed by atoms with Gasteiger partial charge in [-0.15, -0.1) is 0 Å². The van der Waals surface area contributed by atoms with Crippen molar-refractivity contribution in [1.29, 1.82) is 0 Å². The molecule has 0 aliphatic heterocycles. The molecule has 0 aliphatic carbocycles. The van der Waals surface area contributed by atoms with Gasteiger partial charge < -0.3 is 9.51 Å². The van der Waals surface area contributed by atoms with E-state index in [1.54, 1.807) is 0 Å². The van der Waals surface area contributed by atoms with Crippen LogP contribution in [0, 0.1) is 6.92 Å². The van der Waals surface area contributed by atoms with Crippen LogP contribution in [-0.4, -0.2) is 30.1 Å². The minimum absolute atomic E-state index is 0.00182. The van der Waals surface area contributed by atoms with Crippen LogP contribution < -0.4 is 9.60 Å². The van der Waals surface area contributed by atoms with Gasteiger partial charge in [0.1, 0.15) is 0 Å². The molecule has 0 radical (unpaired) electrons. The molecule has 2 heterocycles. The molecule has 0 aromatic carbocycles. The van der Waals surface area contributed by atoms with Crippen LogP contribution in [0.15, 0.2) is 19.9 Å². The van der Waals surface area contributed by atoms with Crippen molar-refractivity contribution in [2.45, 2.75) is 17.6 Å². The highest BCUT2D eigenvalue weighted by atomic mass is 32.2. The van der Waals surface area contributed by atoms with Gasteiger partial charge >= 0.3 is 4.87 Å². The van der Waals surface area contributed by atoms with Crippen LogP contribution in [0.3, 0.4) is 0 Å². The molecule has 2 aromatic rings. The minimum Gasteiger partial charge on any atom is -0.340 e. The molecular weight excluding hydrogens is 280 g/mol. The Hall–Kier alpha value is -1.52. The quantitative estimate of drug-likeness (QED) is 0.777. The van der Waals surface area contributed by atoms with Gasteiger partial charge in [0.15, 0.2) is 10.5 Å². The Labute approximate surface area is 106 Å². The van der Waals surface area contributed by atoms with Crippen LogP contribution in [-0.2, 0) is 16.4 Å². The van der Waals surface area contributed by atoms with Gasteiger partial charge in [-0.25, -0.2) is 13.1 Å². The number of hydrogen-bond donors (Lipinski definition) is 2. The number of H-pyrrole nitrogens is 1. The molecule has 2 rings (SSSR count). The van der Waals surface area contributed by atoms with Gasteiger partial charge in [-0.05, 0) is 6.92 Å². The molecule has 0 saturated heterocycles. The molecule has 0 fully saturated rings. The summed E-state index contributed by atoms with van der Waals surface area (Å²) in [4.78, 5) is 16.8. The summed E-state index contributed by atoms with van der Waals surface area (Å²) >= 11 is 0.656. The van der Waals surface area contributed by atoms with Crippen LogP contribution in [0.5, 0.6) is 0 Å². The summed E-state index contributed by atoms with van der Waals surface area (Å²) in [5.74, 6) is 0.344. The second-order valence-electron chi connectivity index (χ2n) is 3.41. The van der Waals surface area contributed by atoms with Crippen molar-refractivity contribution in [3.8, 4) is 0 Å². The first-order chi connectivity index (χ1) is 8.49. The lowest BCUT2D eigenvalue weighted by atomic mass is 10.4. The second kappa shape index (κ2) is 5.00. The van der Waals surface area contributed by atoms with E-state index in [0.29, 0.717) is 22.9 Å². The average Bonchev–Trinajstić information content (AvgIpc) is 2.88. The molecule has 0 atom stereocenters. The van der Waals surface area contributed by atoms with Crippen molar-refractivity contribution >= 4 is 21.4 Å². The molecular formula is C8H10N4O4S2. The highest BCUT2D eigenvalue weighted by molar-refractivity contribution is 7.91. The molecule has 0 unspecified atom stereocenters. The molecule has 0 amide bonds. The van der Waals surface area contributed by atoms with E-state index in [2.05, 4.69) is 19.8 Å². The number of nitrogens with one attached hydrogen (secondary N) is 2. The van der Waals surface area contributed by atoms with Crippen molar-refractivity contribution in [1.82, 2.24) is 19.8 Å². The van der Waals surface area contributed by atoms with E-state index in [-0.39, 0.29) is 17.2 Å². The van der Waals surface area contributed by atoms with Crippen LogP contribution in [0.4, 0.5) is 0 Å². The number of thiazole rings is 1. The summed E-state index contributed by atoms with van der Waals surface area (Å²) in [6.45, 7) is 1.65. The van der Waals surface area contributed by atoms with Crippen molar-refractivity contribution in [3.63, 3.8) is 0 Å². The maximum Gasteiger partial charge on any atom is 0.305 e. The Bertz CT molecular complexity index is 670. The fraction of sp³-hybridized carbons (Fsp3) is 0.375. The van der Waals surface area contributed by atoms with Crippen molar-refractivity contribution in [2.75, 3.05) is 6.54 Å². The number of aromatic amines is 1. The van der Waals surface area contributed by atoms with Gasteiger partial charge in [-0.1, -0.05) is 16.5 Å². The first kappa shape index (κ1) is 12.9. The predicted octanol–water partition coefficient (Wildman–Crippen LogP) is -0.351. The summed E-state index contributed by atoms with van der Waals surface area (Å²) < 4.78 is 30.8. The van der Waals surface area contributed by atoms with Crippen molar-refractivity contribution in [2.24, 2.45) is 0 Å². The Morgan fingerprint density at radius 1 is 1.56 bits per heavy atom. The summed E-state index contributed by atoms with van der Waals surface area (Å²) in [6.07, 6.45) is 1.53. The Morgan fingerprint density at radius 2 is 2.33 bits per heavy atom. The molecule has 0 spiro atoms. The van der Waals surface area contributed by atoms with Crippen LogP contribution in [0.25, 0.3) is 0 Å². The topological polar surface area (TPSA) is 118 Å². The van der Waals surface area contributed by atoms with Gasteiger partial charge in [0.25, 0.3) is 10.0 Å². The van der Waals surface area contributed by atoms with E-state index < -0.39 is 14.9 Å². The zero-order chi connectivity index (χ0) is 13.2. The number of aryl methyl sites for hydroxylation is 1. The highest BCUT2D eigenvalue weighted by Gasteiger charge is 2.20. The largest absolute Gasteiger partial charge is 0.340 e. The Balaban J connectivity index is 2.04. The average molecular weight is 290 g/mol. The monoisotopic (exact) mass is 290 g/mol. The Morgan fingerprint density at radius 3 is 2.89 bits per heavy atom. The van der Waals surface area contributed by atoms with E-state index in [9.17, 15) is 13.2 Å². The molecule has 10 heteroatoms. The van der Waals surface area contributed by atoms with Gasteiger partial charge in [-0.3, -0.25) is 4.79 Å². The number of hydrogen-bond acceptors (Lipinski definition) is 7. The first-order valence-electron chi connectivity index (χ1n) is 4.94. The lowest BCUT2D eigenvalue weighted by molar-refractivity contribution is 0.377. The van der Waals surface area contributed by atoms with Crippen molar-refractivity contribution < 1.29 is 12.9 Å². The fourth-order valence-corrected chi connectivity index (χ4v) is 3.69. The van der Waals surface area contributed by atoms with Crippen LogP contribution in [0.1, 0.15) is 11.6 Å². The molecule has 0 aliphatic rings. The third-order valence-electron chi connectivity index (χ3n) is 2.06. The third-order valence-corrected chi connectivity index (χ3v) is 5.13. The summed E-state index contributed by atoms with van der Waals surface area (Å²) in [6, 6.07) is 0. The summed E-state index contributed by atoms with van der Waals surface area (Å²) in [5.41, 5.74) is 0.329. The van der Waals surface area contributed by atoms with Crippen LogP contribution >= 0.6 is 11.3 Å². The van der Waals surface area contributed by atoms with Gasteiger partial charge in [0.2, 0.25) is 5.89 Å². The molecule has 8 nitrogen and oxygen atoms in total. The third kappa shape index (κ3) is 2.83. The zero-order valence-corrected chi connectivity index (χ0v) is 11.0. The Kier molecular flexibility index (Phi) is 3.59. The molecule has 18 heavy (non-hydrogen) atoms. The smallest absolute Gasteiger partial charge is 0.305 e. The SMILES string of the molecule is Cc1[nH]c(=O)sc1S(=O)(=O)NCCc1ncno1. The maximum absolute atomic E-state index is 11.9. The van der Waals surface area contributed by atoms with E-state index in [1.807, 2.05) is 0 Å². The molecule has 0 bridgehead atoms. The normalized spacial score (nSPS) is 11.8. The molecule has 2 aromatic heterocycles. The van der Waals surface area contributed by atoms with E-state index in [4.69, 9.17) is 4.52 Å². The van der Waals surface area contributed by atoms with Gasteiger partial charge in [-0.2, -0.15) is 4.98 Å². The van der Waals surface area contributed by atoms with Crippen LogP contribution in [0.2, 0.25) is 0 Å². The van der Waals surface area contributed by atoms with Crippen molar-refractivity contribution in [3.05, 3.63) is 27.6 Å². The van der Waals surface area contributed by atoms with Gasteiger partial charge in [0, 0.05) is 18.7 Å².